The first-order chi connectivity index (χ1) is 24.3. The number of hydrogen-bond acceptors (Lipinski definition) is 7. The van der Waals surface area contributed by atoms with Crippen LogP contribution in [-0.4, -0.2) is 59.1 Å². The van der Waals surface area contributed by atoms with E-state index in [2.05, 4.69) is 126 Å². The van der Waals surface area contributed by atoms with E-state index in [-0.39, 0.29) is 69.6 Å². The van der Waals surface area contributed by atoms with E-state index in [4.69, 9.17) is 23.1 Å². The summed E-state index contributed by atoms with van der Waals surface area (Å²) in [5, 5.41) is 0.107. The highest BCUT2D eigenvalue weighted by Crippen LogP contribution is 2.47. The summed E-state index contributed by atoms with van der Waals surface area (Å²) in [5.41, 5.74) is 2.41. The van der Waals surface area contributed by atoms with E-state index >= 15 is 0 Å². The zero-order chi connectivity index (χ0) is 39.7. The average Bonchev–Trinajstić information content (AvgIpc) is 3.01. The summed E-state index contributed by atoms with van der Waals surface area (Å²) in [4.78, 5) is 26.9. The number of fused-ring (bicyclic) bond motifs is 1. The van der Waals surface area contributed by atoms with E-state index in [0.29, 0.717) is 25.0 Å². The van der Waals surface area contributed by atoms with Crippen LogP contribution in [0.15, 0.2) is 48.1 Å². The molecule has 298 valence electrons. The first-order valence-electron chi connectivity index (χ1n) is 20.2. The number of carbonyl (C=O) groups excluding carboxylic acids is 2. The second-order valence-electron chi connectivity index (χ2n) is 20.1. The molecule has 1 aliphatic heterocycles. The topological polar surface area (TPSA) is 80.3 Å². The molecule has 8 atom stereocenters. The Bertz CT molecular complexity index is 1470. The van der Waals surface area contributed by atoms with Gasteiger partial charge in [0.25, 0.3) is 0 Å². The molecule has 0 amide bonds. The molecule has 1 aromatic carbocycles. The molecule has 9 heteroatoms. The molecule has 4 rings (SSSR count). The van der Waals surface area contributed by atoms with Crippen LogP contribution in [0.3, 0.4) is 0 Å². The lowest BCUT2D eigenvalue weighted by molar-refractivity contribution is -0.164. The number of rotatable bonds is 12. The van der Waals surface area contributed by atoms with Crippen molar-refractivity contribution in [3.63, 3.8) is 0 Å². The lowest BCUT2D eigenvalue weighted by Crippen LogP contribution is -2.49. The molecule has 0 aromatic heterocycles. The Kier molecular flexibility index (Phi) is 13.5. The molecular formula is C44H72O7Si2. The van der Waals surface area contributed by atoms with Gasteiger partial charge in [-0.25, -0.2) is 4.79 Å². The standard InChI is InChI=1S/C44H72O7Si2/c1-16-37(47-32-21-19-31(20-22-32)42(3,4)5)41(46)49-38-27-34(50-52(12,13)43(6,7)8)25-30-18-17-29(2)36(40(30)38)24-23-33-26-35(28-39(45)48-33)51-53(14,15)44(9,10)11/h17-22,25,29,33-38,40H,16,23-24,26-28H2,1-15H3/t29-,33+,34+,35+,36-,37?,38-,40-/m0/s1. The van der Waals surface area contributed by atoms with Crippen molar-refractivity contribution in [3.05, 3.63) is 53.6 Å². The van der Waals surface area contributed by atoms with E-state index in [1.165, 1.54) is 11.1 Å². The summed E-state index contributed by atoms with van der Waals surface area (Å²) in [5.74, 6) is 0.613. The van der Waals surface area contributed by atoms with Crippen molar-refractivity contribution in [2.75, 3.05) is 0 Å². The second kappa shape index (κ2) is 16.5. The second-order valence-corrected chi connectivity index (χ2v) is 29.6. The van der Waals surface area contributed by atoms with Crippen LogP contribution in [0.1, 0.15) is 120 Å². The fraction of sp³-hybridized carbons (Fsp3) is 0.727. The van der Waals surface area contributed by atoms with E-state index < -0.39 is 22.7 Å². The first-order valence-corrected chi connectivity index (χ1v) is 26.1. The van der Waals surface area contributed by atoms with Crippen LogP contribution in [0.5, 0.6) is 5.75 Å². The van der Waals surface area contributed by atoms with Gasteiger partial charge in [-0.1, -0.05) is 107 Å². The highest BCUT2D eigenvalue weighted by molar-refractivity contribution is 6.74. The summed E-state index contributed by atoms with van der Waals surface area (Å²) in [6, 6.07) is 8.04. The van der Waals surface area contributed by atoms with E-state index in [1.54, 1.807) is 0 Å². The molecule has 1 saturated heterocycles. The van der Waals surface area contributed by atoms with Crippen LogP contribution >= 0.6 is 0 Å². The van der Waals surface area contributed by atoms with Crippen LogP contribution in [0.4, 0.5) is 0 Å². The number of hydrogen-bond donors (Lipinski definition) is 0. The molecule has 2 aliphatic carbocycles. The molecule has 7 nitrogen and oxygen atoms in total. The lowest BCUT2D eigenvalue weighted by Gasteiger charge is -2.46. The third-order valence-electron chi connectivity index (χ3n) is 12.8. The molecule has 0 bridgehead atoms. The normalized spacial score (nSPS) is 27.7. The smallest absolute Gasteiger partial charge is 0.347 e. The van der Waals surface area contributed by atoms with Crippen LogP contribution in [0.2, 0.25) is 36.3 Å². The highest BCUT2D eigenvalue weighted by atomic mass is 28.4. The minimum atomic E-state index is -2.12. The Balaban J connectivity index is 1.57. The molecule has 53 heavy (non-hydrogen) atoms. The fourth-order valence-corrected chi connectivity index (χ4v) is 10.1. The van der Waals surface area contributed by atoms with E-state index in [0.717, 1.165) is 19.3 Å². The maximum absolute atomic E-state index is 14.1. The fourth-order valence-electron chi connectivity index (χ4n) is 7.41. The Hall–Kier alpha value is -2.21. The summed E-state index contributed by atoms with van der Waals surface area (Å²) in [6.07, 6.45) is 8.94. The van der Waals surface area contributed by atoms with Crippen LogP contribution < -0.4 is 4.74 Å². The van der Waals surface area contributed by atoms with Gasteiger partial charge in [0.05, 0.1) is 18.6 Å². The van der Waals surface area contributed by atoms with Crippen molar-refractivity contribution in [2.24, 2.45) is 17.8 Å². The number of esters is 2. The minimum Gasteiger partial charge on any atom is -0.479 e. The van der Waals surface area contributed by atoms with Gasteiger partial charge in [0, 0.05) is 18.8 Å². The number of allylic oxidation sites excluding steroid dienone is 2. The van der Waals surface area contributed by atoms with Crippen molar-refractivity contribution in [1.29, 1.82) is 0 Å². The van der Waals surface area contributed by atoms with Crippen LogP contribution in [0, 0.1) is 17.8 Å². The van der Waals surface area contributed by atoms with E-state index in [1.807, 2.05) is 19.1 Å². The van der Waals surface area contributed by atoms with Crippen molar-refractivity contribution >= 4 is 28.6 Å². The van der Waals surface area contributed by atoms with Gasteiger partial charge in [0.2, 0.25) is 0 Å². The lowest BCUT2D eigenvalue weighted by atomic mass is 9.66. The van der Waals surface area contributed by atoms with Gasteiger partial charge < -0.3 is 23.1 Å². The number of ether oxygens (including phenoxy) is 3. The van der Waals surface area contributed by atoms with E-state index in [9.17, 15) is 9.59 Å². The van der Waals surface area contributed by atoms with Crippen molar-refractivity contribution < 1.29 is 32.7 Å². The molecule has 0 spiro atoms. The predicted octanol–water partition coefficient (Wildman–Crippen LogP) is 11.1. The Morgan fingerprint density at radius 2 is 1.49 bits per heavy atom. The number of cyclic esters (lactones) is 1. The molecule has 0 saturated carbocycles. The van der Waals surface area contributed by atoms with Crippen LogP contribution in [-0.2, 0) is 33.3 Å². The molecule has 0 radical (unpaired) electrons. The third kappa shape index (κ3) is 11.0. The maximum atomic E-state index is 14.1. The Labute approximate surface area is 324 Å². The summed E-state index contributed by atoms with van der Waals surface area (Å²) in [7, 11) is -4.16. The molecule has 1 fully saturated rings. The minimum absolute atomic E-state index is 0.000334. The Morgan fingerprint density at radius 3 is 2.06 bits per heavy atom. The summed E-state index contributed by atoms with van der Waals surface area (Å²) in [6.45, 7) is 33.3. The third-order valence-corrected chi connectivity index (χ3v) is 21.9. The van der Waals surface area contributed by atoms with Gasteiger partial charge in [-0.05, 0) is 96.0 Å². The maximum Gasteiger partial charge on any atom is 0.347 e. The van der Waals surface area contributed by atoms with Gasteiger partial charge in [0.1, 0.15) is 18.0 Å². The highest BCUT2D eigenvalue weighted by Gasteiger charge is 2.47. The molecule has 1 unspecified atom stereocenters. The summed E-state index contributed by atoms with van der Waals surface area (Å²) < 4.78 is 32.5. The molecule has 1 aromatic rings. The van der Waals surface area contributed by atoms with Crippen molar-refractivity contribution in [3.8, 4) is 5.75 Å². The molecule has 0 N–H and O–H groups in total. The SMILES string of the molecule is CCC(Oc1ccc(C(C)(C)C)cc1)C(=O)O[C@H]1C[C@H](O[Si](C)(C)C(C)(C)C)C=C2C=C[C@H](C)[C@H](CC[C@@H]3C[C@@H](O[Si](C)(C)C(C)(C)C)CC(=O)O3)[C@H]21. The summed E-state index contributed by atoms with van der Waals surface area (Å²) >= 11 is 0. The molecule has 3 aliphatic rings. The van der Waals surface area contributed by atoms with Gasteiger partial charge in [-0.15, -0.1) is 0 Å². The average molecular weight is 769 g/mol. The Morgan fingerprint density at radius 1 is 0.887 bits per heavy atom. The van der Waals surface area contributed by atoms with Gasteiger partial charge in [-0.2, -0.15) is 0 Å². The zero-order valence-corrected chi connectivity index (χ0v) is 37.8. The molecular weight excluding hydrogens is 697 g/mol. The van der Waals surface area contributed by atoms with Gasteiger partial charge in [-0.3, -0.25) is 4.79 Å². The number of carbonyl (C=O) groups is 2. The largest absolute Gasteiger partial charge is 0.479 e. The monoisotopic (exact) mass is 768 g/mol. The predicted molar refractivity (Wildman–Crippen MR) is 220 cm³/mol. The quantitative estimate of drug-likeness (QED) is 0.155. The first kappa shape index (κ1) is 43.5. The number of benzene rings is 1. The van der Waals surface area contributed by atoms with Crippen LogP contribution in [0.25, 0.3) is 0 Å². The zero-order valence-electron chi connectivity index (χ0n) is 35.8. The van der Waals surface area contributed by atoms with Gasteiger partial charge in [0.15, 0.2) is 22.7 Å². The van der Waals surface area contributed by atoms with Crippen molar-refractivity contribution in [1.82, 2.24) is 0 Å². The molecule has 1 heterocycles. The van der Waals surface area contributed by atoms with Gasteiger partial charge >= 0.3 is 11.9 Å². The van der Waals surface area contributed by atoms with Crippen molar-refractivity contribution in [2.45, 2.75) is 187 Å².